The number of amides is 1. The van der Waals surface area contributed by atoms with E-state index in [9.17, 15) is 4.79 Å². The molecule has 0 aromatic heterocycles. The molecule has 1 N–H and O–H groups in total. The first-order valence-corrected chi connectivity index (χ1v) is 9.68. The second kappa shape index (κ2) is 7.53. The highest BCUT2D eigenvalue weighted by Gasteiger charge is 2.26. The molecule has 3 aromatic rings. The van der Waals surface area contributed by atoms with Crippen LogP contribution in [0.2, 0.25) is 0 Å². The van der Waals surface area contributed by atoms with Crippen molar-refractivity contribution in [3.05, 3.63) is 83.4 Å². The number of likely N-dealkylation sites (N-methyl/N-ethyl adjacent to an activating group) is 1. The summed E-state index contributed by atoms with van der Waals surface area (Å²) in [5.41, 5.74) is 3.92. The monoisotopic (exact) mass is 358 g/mol. The predicted octanol–water partition coefficient (Wildman–Crippen LogP) is 4.64. The lowest BCUT2D eigenvalue weighted by molar-refractivity contribution is -0.123. The molecule has 0 fully saturated rings. The van der Waals surface area contributed by atoms with Crippen LogP contribution in [0.5, 0.6) is 0 Å². The third-order valence-corrected chi connectivity index (χ3v) is 5.68. The Labute approximate surface area is 161 Å². The summed E-state index contributed by atoms with van der Waals surface area (Å²) in [6.45, 7) is 2.46. The third-order valence-electron chi connectivity index (χ3n) is 5.68. The van der Waals surface area contributed by atoms with Crippen LogP contribution in [0.3, 0.4) is 0 Å². The lowest BCUT2D eigenvalue weighted by Gasteiger charge is -2.25. The Morgan fingerprint density at radius 1 is 1.07 bits per heavy atom. The van der Waals surface area contributed by atoms with Gasteiger partial charge in [0.25, 0.3) is 0 Å². The van der Waals surface area contributed by atoms with E-state index in [1.807, 2.05) is 26.1 Å². The number of fused-ring (bicyclic) bond motifs is 2. The number of rotatable bonds is 5. The number of nitrogens with one attached hydrogen (secondary N) is 1. The van der Waals surface area contributed by atoms with Crippen LogP contribution in [0.4, 0.5) is 0 Å². The maximum atomic E-state index is 12.6. The highest BCUT2D eigenvalue weighted by molar-refractivity contribution is 5.83. The van der Waals surface area contributed by atoms with Crippen molar-refractivity contribution in [2.75, 3.05) is 13.6 Å². The second-order valence-corrected chi connectivity index (χ2v) is 7.56. The summed E-state index contributed by atoms with van der Waals surface area (Å²) in [5, 5.41) is 5.58. The normalized spacial score (nSPS) is 17.1. The van der Waals surface area contributed by atoms with E-state index in [0.717, 1.165) is 18.4 Å². The smallest absolute Gasteiger partial charge is 0.234 e. The van der Waals surface area contributed by atoms with Gasteiger partial charge in [0, 0.05) is 6.04 Å². The minimum absolute atomic E-state index is 0.00799. The van der Waals surface area contributed by atoms with Crippen LogP contribution < -0.4 is 5.32 Å². The molecule has 3 heteroatoms. The van der Waals surface area contributed by atoms with Gasteiger partial charge in [-0.2, -0.15) is 0 Å². The summed E-state index contributed by atoms with van der Waals surface area (Å²) in [4.78, 5) is 14.8. The molecule has 1 aliphatic carbocycles. The van der Waals surface area contributed by atoms with Crippen LogP contribution in [-0.4, -0.2) is 24.4 Å². The predicted molar refractivity (Wildman–Crippen MR) is 111 cm³/mol. The number of carbonyl (C=O) groups excluding carboxylic acids is 1. The third kappa shape index (κ3) is 3.74. The van der Waals surface area contributed by atoms with Gasteiger partial charge in [0.05, 0.1) is 12.6 Å². The molecule has 0 saturated heterocycles. The lowest BCUT2D eigenvalue weighted by atomic mass is 10.0. The Hall–Kier alpha value is -2.65. The molecule has 27 heavy (non-hydrogen) atoms. The number of carbonyl (C=O) groups is 1. The highest BCUT2D eigenvalue weighted by atomic mass is 16.2. The van der Waals surface area contributed by atoms with Crippen molar-refractivity contribution < 1.29 is 4.79 Å². The molecular formula is C24H26N2O. The van der Waals surface area contributed by atoms with Gasteiger partial charge in [0.2, 0.25) is 5.91 Å². The Kier molecular flexibility index (Phi) is 4.95. The van der Waals surface area contributed by atoms with Gasteiger partial charge in [-0.1, -0.05) is 60.7 Å². The summed E-state index contributed by atoms with van der Waals surface area (Å²) < 4.78 is 0. The highest BCUT2D eigenvalue weighted by Crippen LogP contribution is 2.34. The Bertz CT molecular complexity index is 965. The molecule has 3 aromatic carbocycles. The van der Waals surface area contributed by atoms with Gasteiger partial charge < -0.3 is 5.32 Å². The van der Waals surface area contributed by atoms with Crippen LogP contribution in [0, 0.1) is 0 Å². The first kappa shape index (κ1) is 17.7. The summed E-state index contributed by atoms with van der Waals surface area (Å²) >= 11 is 0. The van der Waals surface area contributed by atoms with Gasteiger partial charge in [-0.3, -0.25) is 9.69 Å². The first-order chi connectivity index (χ1) is 13.1. The van der Waals surface area contributed by atoms with Crippen molar-refractivity contribution in [2.24, 2.45) is 0 Å². The molecule has 0 aliphatic heterocycles. The van der Waals surface area contributed by atoms with Crippen LogP contribution in [0.25, 0.3) is 10.8 Å². The van der Waals surface area contributed by atoms with Crippen molar-refractivity contribution in [1.82, 2.24) is 10.2 Å². The molecule has 138 valence electrons. The molecule has 4 rings (SSSR count). The first-order valence-electron chi connectivity index (χ1n) is 9.68. The van der Waals surface area contributed by atoms with E-state index in [1.165, 1.54) is 21.9 Å². The molecule has 0 radical (unpaired) electrons. The van der Waals surface area contributed by atoms with E-state index in [2.05, 4.69) is 64.8 Å². The summed E-state index contributed by atoms with van der Waals surface area (Å²) in [7, 11) is 2.05. The van der Waals surface area contributed by atoms with Gasteiger partial charge in [0.1, 0.15) is 0 Å². The van der Waals surface area contributed by atoms with Gasteiger partial charge in [-0.05, 0) is 60.3 Å². The fourth-order valence-corrected chi connectivity index (χ4v) is 4.18. The van der Waals surface area contributed by atoms with E-state index in [1.54, 1.807) is 0 Å². The van der Waals surface area contributed by atoms with E-state index >= 15 is 0 Å². The van der Waals surface area contributed by atoms with Crippen molar-refractivity contribution in [1.29, 1.82) is 0 Å². The molecule has 2 atom stereocenters. The molecule has 1 amide bonds. The molecule has 0 unspecified atom stereocenters. The summed E-state index contributed by atoms with van der Waals surface area (Å²) in [6.07, 6.45) is 2.18. The fraction of sp³-hybridized carbons (Fsp3) is 0.292. The number of aryl methyl sites for hydroxylation is 1. The molecule has 0 bridgehead atoms. The van der Waals surface area contributed by atoms with Crippen molar-refractivity contribution in [2.45, 2.75) is 31.8 Å². The zero-order valence-corrected chi connectivity index (χ0v) is 16.0. The average Bonchev–Trinajstić information content (AvgIpc) is 3.11. The van der Waals surface area contributed by atoms with Crippen molar-refractivity contribution >= 4 is 16.7 Å². The quantitative estimate of drug-likeness (QED) is 0.721. The average molecular weight is 358 g/mol. The Morgan fingerprint density at radius 3 is 2.67 bits per heavy atom. The van der Waals surface area contributed by atoms with Crippen LogP contribution in [0.15, 0.2) is 66.7 Å². The van der Waals surface area contributed by atoms with Gasteiger partial charge in [-0.25, -0.2) is 0 Å². The SMILES string of the molecule is C[C@@H](NC(=O)CN(C)[C@H]1CCc2ccccc21)c1ccc2ccccc2c1. The molecule has 0 saturated carbocycles. The fourth-order valence-electron chi connectivity index (χ4n) is 4.18. The number of nitrogens with zero attached hydrogens (tertiary/aromatic N) is 1. The van der Waals surface area contributed by atoms with Crippen LogP contribution in [0.1, 0.15) is 42.1 Å². The zero-order valence-electron chi connectivity index (χ0n) is 16.0. The van der Waals surface area contributed by atoms with Crippen LogP contribution >= 0.6 is 0 Å². The largest absolute Gasteiger partial charge is 0.348 e. The minimum Gasteiger partial charge on any atom is -0.348 e. The van der Waals surface area contributed by atoms with Gasteiger partial charge in [0.15, 0.2) is 0 Å². The van der Waals surface area contributed by atoms with E-state index < -0.39 is 0 Å². The van der Waals surface area contributed by atoms with E-state index in [-0.39, 0.29) is 11.9 Å². The summed E-state index contributed by atoms with van der Waals surface area (Å²) in [5.74, 6) is 0.0718. The number of hydrogen-bond donors (Lipinski definition) is 1. The Morgan fingerprint density at radius 2 is 1.81 bits per heavy atom. The Balaban J connectivity index is 1.40. The standard InChI is InChI=1S/C24H26N2O/c1-17(20-12-11-18-7-3-4-9-21(18)15-20)25-24(27)16-26(2)23-14-13-19-8-5-6-10-22(19)23/h3-12,15,17,23H,13-14,16H2,1-2H3,(H,25,27)/t17-,23+/m1/s1. The van der Waals surface area contributed by atoms with Crippen molar-refractivity contribution in [3.8, 4) is 0 Å². The van der Waals surface area contributed by atoms with Crippen LogP contribution in [-0.2, 0) is 11.2 Å². The van der Waals surface area contributed by atoms with Gasteiger partial charge in [-0.15, -0.1) is 0 Å². The lowest BCUT2D eigenvalue weighted by Crippen LogP contribution is -2.37. The molecular weight excluding hydrogens is 332 g/mol. The van der Waals surface area contributed by atoms with E-state index in [4.69, 9.17) is 0 Å². The van der Waals surface area contributed by atoms with E-state index in [0.29, 0.717) is 12.6 Å². The molecule has 1 aliphatic rings. The molecule has 0 spiro atoms. The number of hydrogen-bond acceptors (Lipinski definition) is 2. The maximum Gasteiger partial charge on any atom is 0.234 e. The van der Waals surface area contributed by atoms with Crippen molar-refractivity contribution in [3.63, 3.8) is 0 Å². The minimum atomic E-state index is -0.00799. The maximum absolute atomic E-state index is 12.6. The molecule has 3 nitrogen and oxygen atoms in total. The summed E-state index contributed by atoms with van der Waals surface area (Å²) in [6, 6.07) is 23.6. The van der Waals surface area contributed by atoms with Gasteiger partial charge >= 0.3 is 0 Å². The number of benzene rings is 3. The molecule has 0 heterocycles. The topological polar surface area (TPSA) is 32.3 Å². The second-order valence-electron chi connectivity index (χ2n) is 7.56. The zero-order chi connectivity index (χ0) is 18.8.